The van der Waals surface area contributed by atoms with Gasteiger partial charge in [0.15, 0.2) is 5.56 Å². The summed E-state index contributed by atoms with van der Waals surface area (Å²) >= 11 is 0. The predicted molar refractivity (Wildman–Crippen MR) is 102 cm³/mol. The van der Waals surface area contributed by atoms with E-state index in [2.05, 4.69) is 20.2 Å². The van der Waals surface area contributed by atoms with Crippen LogP contribution in [-0.4, -0.2) is 38.2 Å². The number of aryl methyl sites for hydroxylation is 2. The lowest BCUT2D eigenvalue weighted by Crippen LogP contribution is -2.43. The lowest BCUT2D eigenvalue weighted by atomic mass is 10.0. The van der Waals surface area contributed by atoms with Crippen LogP contribution < -0.4 is 21.5 Å². The van der Waals surface area contributed by atoms with Crippen molar-refractivity contribution >= 4 is 11.6 Å². The highest BCUT2D eigenvalue weighted by molar-refractivity contribution is 5.52. The van der Waals surface area contributed by atoms with E-state index in [1.54, 1.807) is 7.05 Å². The lowest BCUT2D eigenvalue weighted by molar-refractivity contribution is 0.517. The number of nitriles is 1. The first-order valence-corrected chi connectivity index (χ1v) is 8.85. The summed E-state index contributed by atoms with van der Waals surface area (Å²) in [4.78, 5) is 35.4. The van der Waals surface area contributed by atoms with E-state index in [1.165, 1.54) is 11.6 Å². The molecule has 1 N–H and O–H groups in total. The normalized spacial score (nSPS) is 14.9. The van der Waals surface area contributed by atoms with Crippen LogP contribution in [0.1, 0.15) is 29.9 Å². The molecule has 0 atom stereocenters. The van der Waals surface area contributed by atoms with Crippen LogP contribution in [0.2, 0.25) is 0 Å². The Labute approximate surface area is 156 Å². The van der Waals surface area contributed by atoms with Gasteiger partial charge in [0.25, 0.3) is 5.56 Å². The van der Waals surface area contributed by atoms with Crippen LogP contribution in [0.3, 0.4) is 0 Å². The second-order valence-electron chi connectivity index (χ2n) is 6.86. The van der Waals surface area contributed by atoms with E-state index in [0.29, 0.717) is 0 Å². The molecule has 1 fully saturated rings. The number of nitrogens with one attached hydrogen (secondary N) is 1. The molecule has 142 valence electrons. The Balaban J connectivity index is 1.78. The molecule has 0 unspecified atom stereocenters. The van der Waals surface area contributed by atoms with Gasteiger partial charge < -0.3 is 10.2 Å². The summed E-state index contributed by atoms with van der Waals surface area (Å²) in [5, 5.41) is 12.6. The van der Waals surface area contributed by atoms with Crippen molar-refractivity contribution in [1.82, 2.24) is 19.1 Å². The van der Waals surface area contributed by atoms with Crippen LogP contribution >= 0.6 is 0 Å². The fourth-order valence-corrected chi connectivity index (χ4v) is 3.42. The van der Waals surface area contributed by atoms with Crippen LogP contribution in [0.4, 0.5) is 11.6 Å². The van der Waals surface area contributed by atoms with Gasteiger partial charge in [0.2, 0.25) is 0 Å². The average molecular weight is 369 g/mol. The summed E-state index contributed by atoms with van der Waals surface area (Å²) in [5.41, 5.74) is -0.131. The van der Waals surface area contributed by atoms with E-state index in [4.69, 9.17) is 0 Å². The minimum atomic E-state index is -0.576. The quantitative estimate of drug-likeness (QED) is 0.836. The van der Waals surface area contributed by atoms with Crippen molar-refractivity contribution in [3.63, 3.8) is 0 Å². The van der Waals surface area contributed by atoms with E-state index in [0.717, 1.165) is 47.8 Å². The Kier molecular flexibility index (Phi) is 4.99. The maximum atomic E-state index is 12.2. The topological polar surface area (TPSA) is 109 Å². The summed E-state index contributed by atoms with van der Waals surface area (Å²) in [6.07, 6.45) is 1.60. The minimum absolute atomic E-state index is 0.0379. The number of piperidine rings is 1. The lowest BCUT2D eigenvalue weighted by Gasteiger charge is -2.34. The third-order valence-electron chi connectivity index (χ3n) is 4.89. The molecule has 9 heteroatoms. The van der Waals surface area contributed by atoms with Gasteiger partial charge in [-0.25, -0.2) is 14.8 Å². The van der Waals surface area contributed by atoms with Crippen LogP contribution in [0.15, 0.2) is 15.7 Å². The number of anilines is 2. The highest BCUT2D eigenvalue weighted by Gasteiger charge is 2.23. The number of aromatic nitrogens is 4. The molecule has 3 rings (SSSR count). The van der Waals surface area contributed by atoms with E-state index in [9.17, 15) is 14.9 Å². The van der Waals surface area contributed by atoms with Gasteiger partial charge in [-0.05, 0) is 26.7 Å². The molecular formula is C18H23N7O2. The van der Waals surface area contributed by atoms with Gasteiger partial charge >= 0.3 is 5.69 Å². The smallest absolute Gasteiger partial charge is 0.332 e. The van der Waals surface area contributed by atoms with Gasteiger partial charge in [0, 0.05) is 45.0 Å². The molecule has 0 aliphatic carbocycles. The molecule has 1 aliphatic rings. The molecule has 0 aromatic carbocycles. The molecule has 0 amide bonds. The van der Waals surface area contributed by atoms with Crippen LogP contribution in [0, 0.1) is 25.2 Å². The molecule has 1 aliphatic heterocycles. The maximum absolute atomic E-state index is 12.2. The van der Waals surface area contributed by atoms with Crippen LogP contribution in [0.5, 0.6) is 0 Å². The predicted octanol–water partition coefficient (Wildman–Crippen LogP) is 0.443. The molecular weight excluding hydrogens is 346 g/mol. The van der Waals surface area contributed by atoms with E-state index < -0.39 is 11.2 Å². The number of hydrogen-bond donors (Lipinski definition) is 1. The molecule has 2 aromatic heterocycles. The molecule has 27 heavy (non-hydrogen) atoms. The zero-order chi connectivity index (χ0) is 19.7. The standard InChI is InChI=1S/C18H23N7O2/c1-11-9-15(21-12(2)20-11)25-7-5-13(6-8-25)22-16-14(10-19)17(26)24(4)18(27)23(16)3/h9,13,22H,5-8H2,1-4H3. The Morgan fingerprint density at radius 3 is 2.41 bits per heavy atom. The summed E-state index contributed by atoms with van der Waals surface area (Å²) in [7, 11) is 2.94. The molecule has 1 saturated heterocycles. The first-order chi connectivity index (χ1) is 12.8. The Morgan fingerprint density at radius 1 is 1.15 bits per heavy atom. The van der Waals surface area contributed by atoms with Crippen molar-refractivity contribution in [2.75, 3.05) is 23.3 Å². The third kappa shape index (κ3) is 3.56. The first-order valence-electron chi connectivity index (χ1n) is 8.85. The van der Waals surface area contributed by atoms with E-state index in [-0.39, 0.29) is 17.4 Å². The van der Waals surface area contributed by atoms with Crippen molar-refractivity contribution in [2.24, 2.45) is 14.1 Å². The Morgan fingerprint density at radius 2 is 1.81 bits per heavy atom. The van der Waals surface area contributed by atoms with Crippen molar-refractivity contribution < 1.29 is 0 Å². The molecule has 0 saturated carbocycles. The molecule has 0 bridgehead atoms. The van der Waals surface area contributed by atoms with Gasteiger partial charge in [0.1, 0.15) is 23.5 Å². The Hall–Kier alpha value is -3.15. The second-order valence-corrected chi connectivity index (χ2v) is 6.86. The van der Waals surface area contributed by atoms with Gasteiger partial charge in [-0.3, -0.25) is 13.9 Å². The second kappa shape index (κ2) is 7.23. The maximum Gasteiger partial charge on any atom is 0.332 e. The van der Waals surface area contributed by atoms with Crippen molar-refractivity contribution in [1.29, 1.82) is 5.26 Å². The fraction of sp³-hybridized carbons (Fsp3) is 0.500. The van der Waals surface area contributed by atoms with E-state index >= 15 is 0 Å². The monoisotopic (exact) mass is 369 g/mol. The molecule has 9 nitrogen and oxygen atoms in total. The molecule has 0 spiro atoms. The molecule has 3 heterocycles. The number of nitrogens with zero attached hydrogens (tertiary/aromatic N) is 6. The molecule has 2 aromatic rings. The van der Waals surface area contributed by atoms with E-state index in [1.807, 2.05) is 26.0 Å². The minimum Gasteiger partial charge on any atom is -0.367 e. The van der Waals surface area contributed by atoms with Gasteiger partial charge in [-0.2, -0.15) is 5.26 Å². The largest absolute Gasteiger partial charge is 0.367 e. The number of rotatable bonds is 3. The highest BCUT2D eigenvalue weighted by Crippen LogP contribution is 2.21. The first kappa shape index (κ1) is 18.6. The van der Waals surface area contributed by atoms with Crippen molar-refractivity contribution in [3.8, 4) is 6.07 Å². The van der Waals surface area contributed by atoms with Crippen molar-refractivity contribution in [2.45, 2.75) is 32.7 Å². The van der Waals surface area contributed by atoms with Gasteiger partial charge in [-0.1, -0.05) is 0 Å². The van der Waals surface area contributed by atoms with Crippen molar-refractivity contribution in [3.05, 3.63) is 44.0 Å². The summed E-state index contributed by atoms with van der Waals surface area (Å²) in [6, 6.07) is 3.96. The van der Waals surface area contributed by atoms with Crippen LogP contribution in [0.25, 0.3) is 0 Å². The van der Waals surface area contributed by atoms with Gasteiger partial charge in [0.05, 0.1) is 0 Å². The zero-order valence-electron chi connectivity index (χ0n) is 16.0. The molecule has 0 radical (unpaired) electrons. The fourth-order valence-electron chi connectivity index (χ4n) is 3.42. The SMILES string of the molecule is Cc1cc(N2CCC(Nc3c(C#N)c(=O)n(C)c(=O)n3C)CC2)nc(C)n1. The zero-order valence-corrected chi connectivity index (χ0v) is 16.0. The summed E-state index contributed by atoms with van der Waals surface area (Å²) in [6.45, 7) is 5.40. The number of hydrogen-bond acceptors (Lipinski definition) is 7. The third-order valence-corrected chi connectivity index (χ3v) is 4.89. The average Bonchev–Trinajstić information content (AvgIpc) is 2.64. The van der Waals surface area contributed by atoms with Gasteiger partial charge in [-0.15, -0.1) is 0 Å². The summed E-state index contributed by atoms with van der Waals surface area (Å²) in [5.74, 6) is 1.95. The Bertz CT molecular complexity index is 1000. The van der Waals surface area contributed by atoms with Crippen LogP contribution in [-0.2, 0) is 14.1 Å². The highest BCUT2D eigenvalue weighted by atomic mass is 16.2. The summed E-state index contributed by atoms with van der Waals surface area (Å²) < 4.78 is 2.27.